The Kier molecular flexibility index (Phi) is 5.49. The van der Waals surface area contributed by atoms with Gasteiger partial charge in [0.25, 0.3) is 0 Å². The summed E-state index contributed by atoms with van der Waals surface area (Å²) in [7, 11) is 0. The molecule has 0 aromatic carbocycles. The molecule has 1 saturated carbocycles. The molecule has 1 aromatic heterocycles. The Labute approximate surface area is 120 Å². The Morgan fingerprint density at radius 2 is 2.20 bits per heavy atom. The van der Waals surface area contributed by atoms with Crippen LogP contribution in [0.5, 0.6) is 0 Å². The van der Waals surface area contributed by atoms with Crippen LogP contribution in [-0.4, -0.2) is 34.6 Å². The van der Waals surface area contributed by atoms with E-state index in [4.69, 9.17) is 0 Å². The number of hydrogen-bond donors (Lipinski definition) is 1. The quantitative estimate of drug-likeness (QED) is 0.795. The van der Waals surface area contributed by atoms with Crippen LogP contribution in [0.1, 0.15) is 44.9 Å². The van der Waals surface area contributed by atoms with E-state index >= 15 is 0 Å². The van der Waals surface area contributed by atoms with E-state index in [1.54, 1.807) is 6.07 Å². The van der Waals surface area contributed by atoms with E-state index in [-0.39, 0.29) is 11.7 Å². The van der Waals surface area contributed by atoms with Crippen LogP contribution in [0.2, 0.25) is 0 Å². The van der Waals surface area contributed by atoms with Crippen LogP contribution < -0.4 is 0 Å². The van der Waals surface area contributed by atoms with Crippen LogP contribution in [0.15, 0.2) is 18.3 Å². The van der Waals surface area contributed by atoms with E-state index in [0.29, 0.717) is 5.69 Å². The predicted octanol–water partition coefficient (Wildman–Crippen LogP) is 3.01. The van der Waals surface area contributed by atoms with Gasteiger partial charge in [-0.05, 0) is 43.9 Å². The maximum atomic E-state index is 12.9. The van der Waals surface area contributed by atoms with Gasteiger partial charge in [-0.25, -0.2) is 4.39 Å². The molecular formula is C16H25FN2O. The summed E-state index contributed by atoms with van der Waals surface area (Å²) in [6, 6.07) is 2.92. The van der Waals surface area contributed by atoms with E-state index in [1.165, 1.54) is 25.1 Å². The van der Waals surface area contributed by atoms with Crippen molar-refractivity contribution in [2.24, 2.45) is 11.8 Å². The smallest absolute Gasteiger partial charge is 0.141 e. The third kappa shape index (κ3) is 4.53. The molecular weight excluding hydrogens is 255 g/mol. The van der Waals surface area contributed by atoms with Gasteiger partial charge in [-0.2, -0.15) is 0 Å². The van der Waals surface area contributed by atoms with E-state index in [0.717, 1.165) is 32.0 Å². The van der Waals surface area contributed by atoms with Crippen LogP contribution >= 0.6 is 0 Å². The largest absolute Gasteiger partial charge is 0.386 e. The molecule has 1 fully saturated rings. The van der Waals surface area contributed by atoms with Gasteiger partial charge in [0.15, 0.2) is 0 Å². The highest BCUT2D eigenvalue weighted by Crippen LogP contribution is 2.30. The summed E-state index contributed by atoms with van der Waals surface area (Å²) in [5.74, 6) is 0.586. The number of halogens is 1. The number of nitrogens with zero attached hydrogens (tertiary/aromatic N) is 2. The monoisotopic (exact) mass is 280 g/mol. The molecule has 0 bridgehead atoms. The molecule has 112 valence electrons. The van der Waals surface area contributed by atoms with Crippen LogP contribution in [0.25, 0.3) is 0 Å². The molecule has 4 heteroatoms. The van der Waals surface area contributed by atoms with Crippen molar-refractivity contribution in [2.45, 2.75) is 39.2 Å². The minimum atomic E-state index is -0.630. The van der Waals surface area contributed by atoms with Gasteiger partial charge in [0, 0.05) is 19.0 Å². The van der Waals surface area contributed by atoms with Crippen LogP contribution in [0, 0.1) is 17.7 Å². The predicted molar refractivity (Wildman–Crippen MR) is 77.8 cm³/mol. The molecule has 0 saturated heterocycles. The highest BCUT2D eigenvalue weighted by Gasteiger charge is 2.26. The van der Waals surface area contributed by atoms with Crippen molar-refractivity contribution in [2.75, 3.05) is 19.6 Å². The lowest BCUT2D eigenvalue weighted by Crippen LogP contribution is -2.33. The van der Waals surface area contributed by atoms with E-state index in [2.05, 4.69) is 16.8 Å². The summed E-state index contributed by atoms with van der Waals surface area (Å²) in [4.78, 5) is 6.42. The molecule has 0 aliphatic heterocycles. The van der Waals surface area contributed by atoms with Crippen molar-refractivity contribution in [3.8, 4) is 0 Å². The lowest BCUT2D eigenvalue weighted by atomic mass is 10.0. The standard InChI is InChI=1S/C16H25FN2O/c1-3-8-19(11-13-4-5-13)10-12(2)16(20)15-7-6-14(17)9-18-15/h6-7,9,12-13,16,20H,3-5,8,10-11H2,1-2H3. The highest BCUT2D eigenvalue weighted by molar-refractivity contribution is 5.08. The molecule has 3 nitrogen and oxygen atoms in total. The highest BCUT2D eigenvalue weighted by atomic mass is 19.1. The molecule has 1 aliphatic rings. The van der Waals surface area contributed by atoms with Crippen molar-refractivity contribution in [3.05, 3.63) is 29.8 Å². The first-order chi connectivity index (χ1) is 9.60. The van der Waals surface area contributed by atoms with Gasteiger partial charge < -0.3 is 10.0 Å². The van der Waals surface area contributed by atoms with Crippen LogP contribution in [0.4, 0.5) is 4.39 Å². The Morgan fingerprint density at radius 1 is 1.45 bits per heavy atom. The zero-order chi connectivity index (χ0) is 14.5. The summed E-state index contributed by atoms with van der Waals surface area (Å²) < 4.78 is 12.9. The fraction of sp³-hybridized carbons (Fsp3) is 0.688. The molecule has 1 aromatic rings. The molecule has 2 atom stereocenters. The lowest BCUT2D eigenvalue weighted by molar-refractivity contribution is 0.0831. The van der Waals surface area contributed by atoms with Gasteiger partial charge in [0.05, 0.1) is 18.0 Å². The second-order valence-corrected chi connectivity index (χ2v) is 6.03. The molecule has 0 spiro atoms. The van der Waals surface area contributed by atoms with Gasteiger partial charge in [0.2, 0.25) is 0 Å². The average Bonchev–Trinajstić information content (AvgIpc) is 3.23. The summed E-state index contributed by atoms with van der Waals surface area (Å²) in [6.07, 6.45) is 4.35. The summed E-state index contributed by atoms with van der Waals surface area (Å²) in [5, 5.41) is 10.3. The number of hydrogen-bond acceptors (Lipinski definition) is 3. The van der Waals surface area contributed by atoms with E-state index in [1.807, 2.05) is 6.92 Å². The maximum Gasteiger partial charge on any atom is 0.141 e. The number of aromatic nitrogens is 1. The van der Waals surface area contributed by atoms with Crippen molar-refractivity contribution in [1.82, 2.24) is 9.88 Å². The molecule has 0 amide bonds. The Bertz CT molecular complexity index is 405. The normalized spacial score (nSPS) is 18.2. The van der Waals surface area contributed by atoms with Gasteiger partial charge >= 0.3 is 0 Å². The van der Waals surface area contributed by atoms with Gasteiger partial charge in [0.1, 0.15) is 5.82 Å². The third-order valence-corrected chi connectivity index (χ3v) is 3.89. The SMILES string of the molecule is CCCN(CC1CC1)CC(C)C(O)c1ccc(F)cn1. The number of aliphatic hydroxyl groups is 1. The molecule has 2 rings (SSSR count). The molecule has 20 heavy (non-hydrogen) atoms. The first-order valence-corrected chi connectivity index (χ1v) is 7.62. The Morgan fingerprint density at radius 3 is 2.75 bits per heavy atom. The first kappa shape index (κ1) is 15.4. The second-order valence-electron chi connectivity index (χ2n) is 6.03. The lowest BCUT2D eigenvalue weighted by Gasteiger charge is -2.27. The summed E-state index contributed by atoms with van der Waals surface area (Å²) in [5.41, 5.74) is 0.557. The number of pyridine rings is 1. The van der Waals surface area contributed by atoms with E-state index in [9.17, 15) is 9.50 Å². The third-order valence-electron chi connectivity index (χ3n) is 3.89. The zero-order valence-corrected chi connectivity index (χ0v) is 12.4. The Hall–Kier alpha value is -1.00. The van der Waals surface area contributed by atoms with Gasteiger partial charge in [-0.15, -0.1) is 0 Å². The van der Waals surface area contributed by atoms with E-state index < -0.39 is 6.10 Å². The molecule has 1 heterocycles. The minimum Gasteiger partial charge on any atom is -0.386 e. The zero-order valence-electron chi connectivity index (χ0n) is 12.4. The number of rotatable bonds is 8. The molecule has 2 unspecified atom stereocenters. The van der Waals surface area contributed by atoms with Crippen LogP contribution in [-0.2, 0) is 0 Å². The molecule has 0 radical (unpaired) electrons. The summed E-state index contributed by atoms with van der Waals surface area (Å²) >= 11 is 0. The average molecular weight is 280 g/mol. The fourth-order valence-electron chi connectivity index (χ4n) is 2.60. The minimum absolute atomic E-state index is 0.0956. The second kappa shape index (κ2) is 7.14. The Balaban J connectivity index is 1.90. The topological polar surface area (TPSA) is 36.4 Å². The maximum absolute atomic E-state index is 12.9. The van der Waals surface area contributed by atoms with Crippen molar-refractivity contribution < 1.29 is 9.50 Å². The number of aliphatic hydroxyl groups excluding tert-OH is 1. The summed E-state index contributed by atoms with van der Waals surface area (Å²) in [6.45, 7) is 7.30. The van der Waals surface area contributed by atoms with Crippen molar-refractivity contribution in [3.63, 3.8) is 0 Å². The van der Waals surface area contributed by atoms with Gasteiger partial charge in [-0.1, -0.05) is 13.8 Å². The van der Waals surface area contributed by atoms with Gasteiger partial charge in [-0.3, -0.25) is 4.98 Å². The fourth-order valence-corrected chi connectivity index (χ4v) is 2.60. The molecule has 1 N–H and O–H groups in total. The molecule has 1 aliphatic carbocycles. The van der Waals surface area contributed by atoms with Crippen LogP contribution in [0.3, 0.4) is 0 Å². The van der Waals surface area contributed by atoms with Crippen molar-refractivity contribution in [1.29, 1.82) is 0 Å². The van der Waals surface area contributed by atoms with Crippen molar-refractivity contribution >= 4 is 0 Å². The first-order valence-electron chi connectivity index (χ1n) is 7.62.